The molecule has 0 radical (unpaired) electrons. The van der Waals surface area contributed by atoms with E-state index in [9.17, 15) is 9.59 Å². The van der Waals surface area contributed by atoms with Crippen LogP contribution >= 0.6 is 27.3 Å². The van der Waals surface area contributed by atoms with E-state index in [-0.39, 0.29) is 18.7 Å². The van der Waals surface area contributed by atoms with Gasteiger partial charge in [-0.25, -0.2) is 4.79 Å². The van der Waals surface area contributed by atoms with Crippen LogP contribution in [0.3, 0.4) is 0 Å². The molecule has 1 unspecified atom stereocenters. The molecule has 214 valence electrons. The maximum atomic E-state index is 13.9. The maximum Gasteiger partial charge on any atom is 0.404 e. The van der Waals surface area contributed by atoms with Gasteiger partial charge in [-0.3, -0.25) is 9.69 Å². The lowest BCUT2D eigenvalue weighted by Crippen LogP contribution is -2.36. The molecule has 2 N–H and O–H groups in total. The van der Waals surface area contributed by atoms with Crippen LogP contribution in [0, 0.1) is 0 Å². The molecule has 1 aliphatic heterocycles. The number of carbonyl (C=O) groups excluding carboxylic acids is 1. The van der Waals surface area contributed by atoms with Gasteiger partial charge in [-0.1, -0.05) is 19.6 Å². The molecule has 1 atom stereocenters. The van der Waals surface area contributed by atoms with Crippen LogP contribution < -0.4 is 19.9 Å². The van der Waals surface area contributed by atoms with E-state index in [1.807, 2.05) is 54.6 Å². The topological polar surface area (TPSA) is 91.3 Å². The van der Waals surface area contributed by atoms with Gasteiger partial charge in [0.25, 0.3) is 5.91 Å². The molecule has 0 saturated carbocycles. The van der Waals surface area contributed by atoms with Crippen molar-refractivity contribution in [2.45, 2.75) is 38.1 Å². The number of hydrogen-bond acceptors (Lipinski definition) is 6. The van der Waals surface area contributed by atoms with E-state index in [0.29, 0.717) is 18.0 Å². The number of nitrogens with zero attached hydrogens (tertiary/aromatic N) is 2. The number of nitrogens with one attached hydrogen (secondary N) is 1. The minimum atomic E-state index is -1.28. The van der Waals surface area contributed by atoms with Crippen molar-refractivity contribution < 1.29 is 24.2 Å². The van der Waals surface area contributed by atoms with Crippen molar-refractivity contribution in [3.63, 3.8) is 0 Å². The molecule has 0 bridgehead atoms. The smallest absolute Gasteiger partial charge is 0.404 e. The van der Waals surface area contributed by atoms with Crippen LogP contribution in [0.15, 0.2) is 59.1 Å². The fourth-order valence-corrected chi connectivity index (χ4v) is 6.76. The average Bonchev–Trinajstić information content (AvgIpc) is 3.58. The molecule has 0 aliphatic carbocycles. The van der Waals surface area contributed by atoms with Crippen molar-refractivity contribution in [1.29, 1.82) is 0 Å². The summed E-state index contributed by atoms with van der Waals surface area (Å²) in [5.74, 6) is 0.659. The molecule has 4 rings (SSSR count). The fourth-order valence-electron chi connectivity index (χ4n) is 4.47. The Balaban J connectivity index is 1.55. The first-order valence-electron chi connectivity index (χ1n) is 13.2. The maximum absolute atomic E-state index is 13.9. The molecule has 1 saturated heterocycles. The predicted octanol–water partition coefficient (Wildman–Crippen LogP) is 6.99. The largest absolute Gasteiger partial charge is 0.497 e. The highest BCUT2D eigenvalue weighted by Crippen LogP contribution is 2.35. The number of ether oxygens (including phenoxy) is 2. The molecule has 11 heteroatoms. The molecule has 3 aromatic rings. The van der Waals surface area contributed by atoms with Crippen LogP contribution in [-0.4, -0.2) is 64.8 Å². The van der Waals surface area contributed by atoms with Gasteiger partial charge in [0.2, 0.25) is 0 Å². The number of anilines is 2. The molecule has 40 heavy (non-hydrogen) atoms. The Morgan fingerprint density at radius 1 is 1.15 bits per heavy atom. The normalized spacial score (nSPS) is 15.2. The third-order valence-electron chi connectivity index (χ3n) is 6.76. The zero-order chi connectivity index (χ0) is 28.9. The molecule has 8 nitrogen and oxygen atoms in total. The summed E-state index contributed by atoms with van der Waals surface area (Å²) in [6, 6.07) is 18.4. The zero-order valence-electron chi connectivity index (χ0n) is 23.3. The first-order valence-corrected chi connectivity index (χ1v) is 18.5. The molecule has 1 fully saturated rings. The molecular weight excluding hydrogens is 610 g/mol. The van der Waals surface area contributed by atoms with Crippen molar-refractivity contribution in [1.82, 2.24) is 5.32 Å². The number of halogens is 1. The predicted molar refractivity (Wildman–Crippen MR) is 168 cm³/mol. The summed E-state index contributed by atoms with van der Waals surface area (Å²) in [4.78, 5) is 30.4. The molecular formula is C29H36BrN3O5SSi. The van der Waals surface area contributed by atoms with Crippen LogP contribution in [0.1, 0.15) is 16.1 Å². The first-order chi connectivity index (χ1) is 19.0. The quantitative estimate of drug-likeness (QED) is 0.133. The zero-order valence-corrected chi connectivity index (χ0v) is 26.7. The summed E-state index contributed by atoms with van der Waals surface area (Å²) in [6.07, 6.45) is -0.258. The molecule has 2 heterocycles. The van der Waals surface area contributed by atoms with E-state index in [1.165, 1.54) is 11.3 Å². The fraction of sp³-hybridized carbons (Fsp3) is 0.379. The van der Waals surface area contributed by atoms with Gasteiger partial charge >= 0.3 is 6.09 Å². The first kappa shape index (κ1) is 30.1. The highest BCUT2D eigenvalue weighted by Gasteiger charge is 2.26. The Labute approximate surface area is 249 Å². The van der Waals surface area contributed by atoms with Gasteiger partial charge in [0.15, 0.2) is 0 Å². The second-order valence-electron chi connectivity index (χ2n) is 11.0. The van der Waals surface area contributed by atoms with E-state index in [2.05, 4.69) is 45.8 Å². The van der Waals surface area contributed by atoms with Crippen LogP contribution in [0.4, 0.5) is 16.2 Å². The van der Waals surface area contributed by atoms with E-state index in [0.717, 1.165) is 51.0 Å². The third kappa shape index (κ3) is 7.87. The van der Waals surface area contributed by atoms with Crippen LogP contribution in [0.5, 0.6) is 5.75 Å². The SMILES string of the molecule is COc1ccc(-c2ccc(C(=O)N(COCC[Si](C)(C)C)c3ccc(N4CCC(NC(=O)O)C4)cc3Br)s2)cc1. The monoisotopic (exact) mass is 645 g/mol. The van der Waals surface area contributed by atoms with Gasteiger partial charge in [0.1, 0.15) is 12.5 Å². The Bertz CT molecular complexity index is 1330. The summed E-state index contributed by atoms with van der Waals surface area (Å²) in [5.41, 5.74) is 2.71. The second-order valence-corrected chi connectivity index (χ2v) is 18.5. The van der Waals surface area contributed by atoms with Crippen LogP contribution in [0.25, 0.3) is 10.4 Å². The van der Waals surface area contributed by atoms with Crippen LogP contribution in [-0.2, 0) is 4.74 Å². The highest BCUT2D eigenvalue weighted by molar-refractivity contribution is 9.10. The van der Waals surface area contributed by atoms with Gasteiger partial charge < -0.3 is 24.8 Å². The Morgan fingerprint density at radius 3 is 2.55 bits per heavy atom. The minimum Gasteiger partial charge on any atom is -0.497 e. The number of methoxy groups -OCH3 is 1. The number of hydrogen-bond donors (Lipinski definition) is 2. The Morgan fingerprint density at radius 2 is 1.90 bits per heavy atom. The number of benzene rings is 2. The summed E-state index contributed by atoms with van der Waals surface area (Å²) >= 11 is 5.15. The lowest BCUT2D eigenvalue weighted by molar-refractivity contribution is 0.0904. The summed E-state index contributed by atoms with van der Waals surface area (Å²) in [6.45, 7) is 9.00. The molecule has 2 aromatic carbocycles. The average molecular weight is 647 g/mol. The molecule has 1 aromatic heterocycles. The Hall–Kier alpha value is -2.86. The van der Waals surface area contributed by atoms with Crippen molar-refractivity contribution >= 4 is 58.7 Å². The number of carboxylic acid groups (broad SMARTS) is 1. The summed E-state index contributed by atoms with van der Waals surface area (Å²) < 4.78 is 12.1. The van der Waals surface area contributed by atoms with Crippen molar-refractivity contribution in [2.75, 3.05) is 43.3 Å². The van der Waals surface area contributed by atoms with Crippen molar-refractivity contribution in [3.05, 3.63) is 63.9 Å². The second kappa shape index (κ2) is 13.2. The summed E-state index contributed by atoms with van der Waals surface area (Å²) in [5, 5.41) is 11.6. The lowest BCUT2D eigenvalue weighted by atomic mass is 10.2. The van der Waals surface area contributed by atoms with Gasteiger partial charge in [0.05, 0.1) is 23.7 Å². The van der Waals surface area contributed by atoms with E-state index in [4.69, 9.17) is 14.6 Å². The highest BCUT2D eigenvalue weighted by atomic mass is 79.9. The van der Waals surface area contributed by atoms with Gasteiger partial charge in [-0.15, -0.1) is 11.3 Å². The Kier molecular flexibility index (Phi) is 9.93. The van der Waals surface area contributed by atoms with Gasteiger partial charge in [-0.2, -0.15) is 0 Å². The molecule has 1 aliphatic rings. The number of carbonyl (C=O) groups is 2. The van der Waals surface area contributed by atoms with E-state index in [1.54, 1.807) is 12.0 Å². The number of thiophene rings is 1. The standard InChI is InChI=1S/C29H36BrN3O5SSi/c1-37-23-8-5-20(6-9-23)26-11-12-27(39-26)28(34)33(19-38-15-16-40(2,3)4)25-10-7-22(17-24(25)30)32-14-13-21(18-32)31-29(35)36/h5-12,17,21,31H,13-16,18-19H2,1-4H3,(H,35,36). The van der Waals surface area contributed by atoms with Crippen molar-refractivity contribution in [2.24, 2.45) is 0 Å². The van der Waals surface area contributed by atoms with E-state index >= 15 is 0 Å². The minimum absolute atomic E-state index is 0.104. The summed E-state index contributed by atoms with van der Waals surface area (Å²) in [7, 11) is 0.357. The van der Waals surface area contributed by atoms with E-state index < -0.39 is 14.2 Å². The molecule has 2 amide bonds. The number of rotatable bonds is 11. The van der Waals surface area contributed by atoms with Crippen LogP contribution in [0.2, 0.25) is 25.7 Å². The number of amides is 2. The lowest BCUT2D eigenvalue weighted by Gasteiger charge is -2.26. The van der Waals surface area contributed by atoms with Crippen molar-refractivity contribution in [3.8, 4) is 16.2 Å². The third-order valence-corrected chi connectivity index (χ3v) is 10.2. The van der Waals surface area contributed by atoms with Gasteiger partial charge in [-0.05, 0) is 88.6 Å². The molecule has 0 spiro atoms. The van der Waals surface area contributed by atoms with Gasteiger partial charge in [0, 0.05) is 42.8 Å².